The number of thioether (sulfide) groups is 1. The molecular formula is C18H16F2N4O2S. The van der Waals surface area contributed by atoms with Crippen LogP contribution in [0.25, 0.3) is 0 Å². The minimum Gasteiger partial charge on any atom is -0.485 e. The Balaban J connectivity index is 1.49. The summed E-state index contributed by atoms with van der Waals surface area (Å²) in [4.78, 5) is 16.1. The van der Waals surface area contributed by atoms with E-state index < -0.39 is 17.5 Å². The van der Waals surface area contributed by atoms with Crippen LogP contribution in [0.5, 0.6) is 5.75 Å². The highest BCUT2D eigenvalue weighted by molar-refractivity contribution is 7.99. The van der Waals surface area contributed by atoms with E-state index in [2.05, 4.69) is 20.5 Å². The second-order valence-electron chi connectivity index (χ2n) is 5.58. The minimum atomic E-state index is -0.832. The molecule has 0 aliphatic carbocycles. The number of amides is 1. The first-order valence-electron chi connectivity index (χ1n) is 7.98. The van der Waals surface area contributed by atoms with E-state index in [1.807, 2.05) is 31.2 Å². The van der Waals surface area contributed by atoms with Crippen molar-refractivity contribution in [1.29, 1.82) is 0 Å². The fourth-order valence-electron chi connectivity index (χ4n) is 2.18. The molecule has 2 N–H and O–H groups in total. The van der Waals surface area contributed by atoms with Crippen molar-refractivity contribution in [3.63, 3.8) is 0 Å². The zero-order chi connectivity index (χ0) is 19.2. The first-order chi connectivity index (χ1) is 13.0. The average Bonchev–Trinajstić information content (AvgIpc) is 3.10. The van der Waals surface area contributed by atoms with Crippen LogP contribution < -0.4 is 10.1 Å². The molecule has 2 aromatic carbocycles. The Morgan fingerprint density at radius 1 is 1.26 bits per heavy atom. The number of aromatic amines is 1. The van der Waals surface area contributed by atoms with E-state index in [-0.39, 0.29) is 18.0 Å². The summed E-state index contributed by atoms with van der Waals surface area (Å²) in [6.45, 7) is 2.16. The third kappa shape index (κ3) is 5.27. The number of aromatic nitrogens is 3. The van der Waals surface area contributed by atoms with E-state index in [0.29, 0.717) is 17.0 Å². The Hall–Kier alpha value is -2.94. The van der Waals surface area contributed by atoms with Crippen molar-refractivity contribution < 1.29 is 18.3 Å². The van der Waals surface area contributed by atoms with E-state index in [1.165, 1.54) is 6.07 Å². The molecule has 0 aliphatic rings. The summed E-state index contributed by atoms with van der Waals surface area (Å²) in [6, 6.07) is 10.6. The number of benzene rings is 2. The van der Waals surface area contributed by atoms with Crippen molar-refractivity contribution in [3.8, 4) is 5.75 Å². The lowest BCUT2D eigenvalue weighted by atomic mass is 10.2. The van der Waals surface area contributed by atoms with Crippen LogP contribution in [0.1, 0.15) is 11.4 Å². The van der Waals surface area contributed by atoms with Gasteiger partial charge in [0.15, 0.2) is 5.82 Å². The van der Waals surface area contributed by atoms with Crippen LogP contribution in [0.2, 0.25) is 0 Å². The molecule has 0 saturated heterocycles. The summed E-state index contributed by atoms with van der Waals surface area (Å²) in [6.07, 6.45) is 0. The molecule has 0 saturated carbocycles. The highest BCUT2D eigenvalue weighted by Gasteiger charge is 2.11. The highest BCUT2D eigenvalue weighted by Crippen LogP contribution is 2.19. The number of H-pyrrole nitrogens is 1. The summed E-state index contributed by atoms with van der Waals surface area (Å²) in [5.74, 6) is -0.738. The molecule has 0 aliphatic heterocycles. The Labute approximate surface area is 158 Å². The normalized spacial score (nSPS) is 10.6. The third-order valence-electron chi connectivity index (χ3n) is 3.51. The van der Waals surface area contributed by atoms with Crippen LogP contribution in [0, 0.1) is 18.6 Å². The van der Waals surface area contributed by atoms with Crippen molar-refractivity contribution >= 4 is 23.4 Å². The SMILES string of the molecule is Cc1ccccc1OCc1nc(SCC(=O)Nc2ccc(F)cc2F)n[nH]1. The molecule has 140 valence electrons. The lowest BCUT2D eigenvalue weighted by Crippen LogP contribution is -2.15. The van der Waals surface area contributed by atoms with Crippen molar-refractivity contribution in [2.75, 3.05) is 11.1 Å². The van der Waals surface area contributed by atoms with Gasteiger partial charge in [-0.25, -0.2) is 13.8 Å². The summed E-state index contributed by atoms with van der Waals surface area (Å²) in [7, 11) is 0. The smallest absolute Gasteiger partial charge is 0.234 e. The number of nitrogens with zero attached hydrogens (tertiary/aromatic N) is 2. The number of nitrogens with one attached hydrogen (secondary N) is 2. The van der Waals surface area contributed by atoms with E-state index in [4.69, 9.17) is 4.74 Å². The van der Waals surface area contributed by atoms with Crippen molar-refractivity contribution in [3.05, 3.63) is 65.5 Å². The standard InChI is InChI=1S/C18H16F2N4O2S/c1-11-4-2-3-5-15(11)26-9-16-22-18(24-23-16)27-10-17(25)21-14-7-6-12(19)8-13(14)20/h2-8H,9-10H2,1H3,(H,21,25)(H,22,23,24). The van der Waals surface area contributed by atoms with Crippen molar-refractivity contribution in [2.45, 2.75) is 18.7 Å². The molecule has 1 heterocycles. The van der Waals surface area contributed by atoms with Crippen LogP contribution in [-0.4, -0.2) is 26.8 Å². The van der Waals surface area contributed by atoms with E-state index >= 15 is 0 Å². The van der Waals surface area contributed by atoms with E-state index in [1.54, 1.807) is 0 Å². The van der Waals surface area contributed by atoms with Gasteiger partial charge in [-0.1, -0.05) is 30.0 Å². The van der Waals surface area contributed by atoms with Gasteiger partial charge in [0, 0.05) is 6.07 Å². The summed E-state index contributed by atoms with van der Waals surface area (Å²) >= 11 is 1.08. The monoisotopic (exact) mass is 390 g/mol. The zero-order valence-electron chi connectivity index (χ0n) is 14.3. The predicted octanol–water partition coefficient (Wildman–Crippen LogP) is 3.70. The van der Waals surface area contributed by atoms with Gasteiger partial charge in [-0.15, -0.1) is 5.10 Å². The van der Waals surface area contributed by atoms with Crippen LogP contribution in [-0.2, 0) is 11.4 Å². The van der Waals surface area contributed by atoms with Gasteiger partial charge >= 0.3 is 0 Å². The number of rotatable bonds is 7. The molecule has 0 atom stereocenters. The number of para-hydroxylation sites is 1. The van der Waals surface area contributed by atoms with E-state index in [9.17, 15) is 13.6 Å². The van der Waals surface area contributed by atoms with Gasteiger partial charge in [-0.05, 0) is 30.7 Å². The molecule has 3 rings (SSSR count). The van der Waals surface area contributed by atoms with Gasteiger partial charge in [0.2, 0.25) is 11.1 Å². The number of carbonyl (C=O) groups excluding carboxylic acids is 1. The molecule has 9 heteroatoms. The molecule has 0 fully saturated rings. The molecule has 1 amide bonds. The lowest BCUT2D eigenvalue weighted by Gasteiger charge is -2.06. The average molecular weight is 390 g/mol. The van der Waals surface area contributed by atoms with Crippen LogP contribution >= 0.6 is 11.8 Å². The van der Waals surface area contributed by atoms with Gasteiger partial charge in [0.25, 0.3) is 0 Å². The molecule has 0 spiro atoms. The predicted molar refractivity (Wildman–Crippen MR) is 97.6 cm³/mol. The first kappa shape index (κ1) is 18.8. The van der Waals surface area contributed by atoms with Gasteiger partial charge in [0.1, 0.15) is 24.0 Å². The van der Waals surface area contributed by atoms with Gasteiger partial charge in [-0.2, -0.15) is 0 Å². The number of anilines is 1. The van der Waals surface area contributed by atoms with Crippen LogP contribution in [0.4, 0.5) is 14.5 Å². The van der Waals surface area contributed by atoms with Crippen LogP contribution in [0.15, 0.2) is 47.6 Å². The Morgan fingerprint density at radius 2 is 2.07 bits per heavy atom. The van der Waals surface area contributed by atoms with Crippen molar-refractivity contribution in [2.24, 2.45) is 0 Å². The van der Waals surface area contributed by atoms with Crippen molar-refractivity contribution in [1.82, 2.24) is 15.2 Å². The molecule has 3 aromatic rings. The molecule has 6 nitrogen and oxygen atoms in total. The summed E-state index contributed by atoms with van der Waals surface area (Å²) < 4.78 is 32.1. The lowest BCUT2D eigenvalue weighted by molar-refractivity contribution is -0.113. The maximum Gasteiger partial charge on any atom is 0.234 e. The molecular weight excluding hydrogens is 374 g/mol. The maximum atomic E-state index is 13.5. The zero-order valence-corrected chi connectivity index (χ0v) is 15.1. The van der Waals surface area contributed by atoms with Gasteiger partial charge in [0.05, 0.1) is 11.4 Å². The number of aryl methyl sites for hydroxylation is 1. The molecule has 1 aromatic heterocycles. The Morgan fingerprint density at radius 3 is 2.85 bits per heavy atom. The Kier molecular flexibility index (Phi) is 6.02. The quantitative estimate of drug-likeness (QED) is 0.602. The number of ether oxygens (including phenoxy) is 1. The highest BCUT2D eigenvalue weighted by atomic mass is 32.2. The third-order valence-corrected chi connectivity index (χ3v) is 4.35. The number of carbonyl (C=O) groups is 1. The first-order valence-corrected chi connectivity index (χ1v) is 8.97. The van der Waals surface area contributed by atoms with Gasteiger partial charge in [-0.3, -0.25) is 9.89 Å². The summed E-state index contributed by atoms with van der Waals surface area (Å²) in [5, 5.41) is 9.49. The molecule has 27 heavy (non-hydrogen) atoms. The maximum absolute atomic E-state index is 13.5. The number of hydrogen-bond acceptors (Lipinski definition) is 5. The Bertz CT molecular complexity index is 949. The minimum absolute atomic E-state index is 0.0211. The topological polar surface area (TPSA) is 79.9 Å². The van der Waals surface area contributed by atoms with Crippen LogP contribution in [0.3, 0.4) is 0 Å². The van der Waals surface area contributed by atoms with E-state index in [0.717, 1.165) is 29.1 Å². The van der Waals surface area contributed by atoms with Gasteiger partial charge < -0.3 is 10.1 Å². The fraction of sp³-hybridized carbons (Fsp3) is 0.167. The summed E-state index contributed by atoms with van der Waals surface area (Å²) in [5.41, 5.74) is 0.931. The fourth-order valence-corrected chi connectivity index (χ4v) is 2.80. The molecule has 0 unspecified atom stereocenters. The largest absolute Gasteiger partial charge is 0.485 e. The molecule has 0 radical (unpaired) electrons. The number of halogens is 2. The number of hydrogen-bond donors (Lipinski definition) is 2. The second kappa shape index (κ2) is 8.63. The molecule has 0 bridgehead atoms. The second-order valence-corrected chi connectivity index (χ2v) is 6.52.